The molecule has 0 spiro atoms. The van der Waals surface area contributed by atoms with E-state index in [2.05, 4.69) is 126 Å². The summed E-state index contributed by atoms with van der Waals surface area (Å²) in [5.74, 6) is 1.81. The van der Waals surface area contributed by atoms with Gasteiger partial charge in [0, 0.05) is 39.0 Å². The van der Waals surface area contributed by atoms with Gasteiger partial charge in [-0.1, -0.05) is 140 Å². The number of nitrogens with zero attached hydrogens (tertiary/aromatic N) is 4. The minimum atomic E-state index is 0.589. The number of hydrogen-bond acceptors (Lipinski definition) is 5. The van der Waals surface area contributed by atoms with E-state index in [9.17, 15) is 0 Å². The van der Waals surface area contributed by atoms with E-state index >= 15 is 0 Å². The van der Waals surface area contributed by atoms with Crippen LogP contribution >= 0.6 is 0 Å². The van der Waals surface area contributed by atoms with Crippen molar-refractivity contribution in [2.24, 2.45) is 0 Å². The van der Waals surface area contributed by atoms with E-state index in [0.29, 0.717) is 17.5 Å². The highest BCUT2D eigenvalue weighted by Gasteiger charge is 2.19. The van der Waals surface area contributed by atoms with Gasteiger partial charge in [-0.25, -0.2) is 15.0 Å². The summed E-state index contributed by atoms with van der Waals surface area (Å²) < 4.78 is 6.44. The van der Waals surface area contributed by atoms with Crippen molar-refractivity contribution >= 4 is 32.8 Å². The molecule has 3 heterocycles. The second kappa shape index (κ2) is 12.8. The van der Waals surface area contributed by atoms with E-state index in [4.69, 9.17) is 19.4 Å². The average molecular weight is 679 g/mol. The number of pyridine rings is 1. The fourth-order valence-electron chi connectivity index (χ4n) is 7.20. The summed E-state index contributed by atoms with van der Waals surface area (Å²) in [4.78, 5) is 19.8. The molecule has 248 valence electrons. The largest absolute Gasteiger partial charge is 0.456 e. The zero-order valence-corrected chi connectivity index (χ0v) is 28.5. The molecule has 0 fully saturated rings. The van der Waals surface area contributed by atoms with E-state index in [-0.39, 0.29) is 0 Å². The molecular weight excluding hydrogens is 649 g/mol. The number of fused-ring (bicyclic) bond motifs is 4. The molecule has 3 aromatic heterocycles. The molecule has 0 saturated heterocycles. The monoisotopic (exact) mass is 678 g/mol. The van der Waals surface area contributed by atoms with Gasteiger partial charge in [-0.2, -0.15) is 0 Å². The Labute approximate surface area is 305 Å². The predicted octanol–water partition coefficient (Wildman–Crippen LogP) is 12.3. The maximum absolute atomic E-state index is 6.44. The van der Waals surface area contributed by atoms with Crippen molar-refractivity contribution < 1.29 is 4.42 Å². The Morgan fingerprint density at radius 1 is 0.340 bits per heavy atom. The molecule has 0 aliphatic carbocycles. The highest BCUT2D eigenvalue weighted by molar-refractivity contribution is 6.12. The number of aromatic nitrogens is 4. The highest BCUT2D eigenvalue weighted by atomic mass is 16.3. The lowest BCUT2D eigenvalue weighted by Crippen LogP contribution is -2.00. The first-order valence-electron chi connectivity index (χ1n) is 17.6. The van der Waals surface area contributed by atoms with Crippen molar-refractivity contribution in [3.05, 3.63) is 182 Å². The Kier molecular flexibility index (Phi) is 7.40. The number of furan rings is 1. The minimum absolute atomic E-state index is 0.589. The van der Waals surface area contributed by atoms with E-state index in [1.165, 1.54) is 5.56 Å². The van der Waals surface area contributed by atoms with E-state index in [1.807, 2.05) is 60.8 Å². The van der Waals surface area contributed by atoms with Gasteiger partial charge in [-0.15, -0.1) is 0 Å². The zero-order valence-electron chi connectivity index (χ0n) is 28.5. The third-order valence-corrected chi connectivity index (χ3v) is 9.81. The smallest absolute Gasteiger partial charge is 0.164 e. The molecule has 0 amide bonds. The van der Waals surface area contributed by atoms with Crippen LogP contribution in [0.5, 0.6) is 0 Å². The molecule has 7 aromatic carbocycles. The summed E-state index contributed by atoms with van der Waals surface area (Å²) in [5, 5.41) is 3.12. The topological polar surface area (TPSA) is 64.7 Å². The maximum atomic E-state index is 6.44. The molecule has 5 heteroatoms. The molecule has 53 heavy (non-hydrogen) atoms. The molecule has 0 N–H and O–H groups in total. The van der Waals surface area contributed by atoms with Crippen LogP contribution < -0.4 is 0 Å². The predicted molar refractivity (Wildman–Crippen MR) is 215 cm³/mol. The lowest BCUT2D eigenvalue weighted by Gasteiger charge is -2.10. The van der Waals surface area contributed by atoms with Crippen molar-refractivity contribution in [3.63, 3.8) is 0 Å². The number of benzene rings is 7. The molecule has 0 aliphatic rings. The normalized spacial score (nSPS) is 11.4. The first-order valence-corrected chi connectivity index (χ1v) is 17.6. The van der Waals surface area contributed by atoms with Crippen LogP contribution in [-0.2, 0) is 0 Å². The van der Waals surface area contributed by atoms with Crippen molar-refractivity contribution in [2.75, 3.05) is 0 Å². The van der Waals surface area contributed by atoms with Gasteiger partial charge in [0.2, 0.25) is 0 Å². The summed E-state index contributed by atoms with van der Waals surface area (Å²) in [6, 6.07) is 60.4. The third kappa shape index (κ3) is 5.61. The fourth-order valence-corrected chi connectivity index (χ4v) is 7.20. The molecular formula is C48H30N4O. The molecule has 5 nitrogen and oxygen atoms in total. The average Bonchev–Trinajstić information content (AvgIpc) is 3.62. The van der Waals surface area contributed by atoms with Crippen molar-refractivity contribution in [1.29, 1.82) is 0 Å². The molecule has 0 radical (unpaired) electrons. The van der Waals surface area contributed by atoms with Crippen molar-refractivity contribution in [2.45, 2.75) is 0 Å². The van der Waals surface area contributed by atoms with E-state index < -0.39 is 0 Å². The van der Waals surface area contributed by atoms with Crippen molar-refractivity contribution in [3.8, 4) is 67.5 Å². The van der Waals surface area contributed by atoms with Crippen LogP contribution in [0.25, 0.3) is 100 Å². The number of hydrogen-bond donors (Lipinski definition) is 0. The molecule has 10 rings (SSSR count). The summed E-state index contributed by atoms with van der Waals surface area (Å²) in [6.07, 6.45) is 1.84. The second-order valence-corrected chi connectivity index (χ2v) is 13.1. The van der Waals surface area contributed by atoms with E-state index in [0.717, 1.165) is 77.3 Å². The van der Waals surface area contributed by atoms with Crippen LogP contribution in [0.1, 0.15) is 0 Å². The number of rotatable bonds is 6. The second-order valence-electron chi connectivity index (χ2n) is 13.1. The van der Waals surface area contributed by atoms with Gasteiger partial charge in [-0.05, 0) is 69.8 Å². The fraction of sp³-hybridized carbons (Fsp3) is 0. The van der Waals surface area contributed by atoms with Gasteiger partial charge in [0.05, 0.1) is 5.52 Å². The summed E-state index contributed by atoms with van der Waals surface area (Å²) >= 11 is 0. The van der Waals surface area contributed by atoms with Gasteiger partial charge in [0.15, 0.2) is 17.5 Å². The molecule has 0 bridgehead atoms. The van der Waals surface area contributed by atoms with Crippen LogP contribution in [0.15, 0.2) is 187 Å². The quantitative estimate of drug-likeness (QED) is 0.175. The van der Waals surface area contributed by atoms with Gasteiger partial charge in [0.25, 0.3) is 0 Å². The van der Waals surface area contributed by atoms with Gasteiger partial charge < -0.3 is 4.42 Å². The highest BCUT2D eigenvalue weighted by Crippen LogP contribution is 2.39. The molecule has 0 atom stereocenters. The SMILES string of the molecule is c1ccc(-c2cccc(-c3nc(-c4ccccc4)nc(-c4cccc5oc6ccc(-c7ccc(-c8cccc9ncccc89)cc7)cc6c45)n3)c2)cc1. The lowest BCUT2D eigenvalue weighted by molar-refractivity contribution is 0.669. The molecule has 0 unspecified atom stereocenters. The Morgan fingerprint density at radius 2 is 0.943 bits per heavy atom. The Bertz CT molecular complexity index is 2930. The van der Waals surface area contributed by atoms with Crippen LogP contribution in [0.4, 0.5) is 0 Å². The van der Waals surface area contributed by atoms with Crippen molar-refractivity contribution in [1.82, 2.24) is 19.9 Å². The van der Waals surface area contributed by atoms with E-state index in [1.54, 1.807) is 0 Å². The third-order valence-electron chi connectivity index (χ3n) is 9.81. The standard InChI is InChI=1S/C48H30N4O/c1-3-11-31(12-4-1)35-15-7-16-37(29-35)47-50-46(34-13-5-2-6-14-34)51-48(52-47)40-18-9-21-44-45(40)41-30-36(26-27-43(41)53-44)32-22-24-33(25-23-32)38-17-8-20-42-39(38)19-10-28-49-42/h1-30H. The first-order chi connectivity index (χ1) is 26.2. The van der Waals surface area contributed by atoms with Crippen LogP contribution in [0.3, 0.4) is 0 Å². The van der Waals surface area contributed by atoms with Gasteiger partial charge in [-0.3, -0.25) is 4.98 Å². The first kappa shape index (κ1) is 30.6. The summed E-state index contributed by atoms with van der Waals surface area (Å²) in [7, 11) is 0. The minimum Gasteiger partial charge on any atom is -0.456 e. The zero-order chi connectivity index (χ0) is 35.1. The molecule has 0 aliphatic heterocycles. The molecule has 0 saturated carbocycles. The lowest BCUT2D eigenvalue weighted by atomic mass is 9.96. The van der Waals surface area contributed by atoms with Gasteiger partial charge >= 0.3 is 0 Å². The Hall–Kier alpha value is -7.24. The summed E-state index contributed by atoms with van der Waals surface area (Å²) in [5.41, 5.74) is 12.1. The Morgan fingerprint density at radius 3 is 1.77 bits per heavy atom. The van der Waals surface area contributed by atoms with Gasteiger partial charge in [0.1, 0.15) is 11.2 Å². The summed E-state index contributed by atoms with van der Waals surface area (Å²) in [6.45, 7) is 0. The van der Waals surface area contributed by atoms with Crippen LogP contribution in [-0.4, -0.2) is 19.9 Å². The molecule has 10 aromatic rings. The Balaban J connectivity index is 1.10. The maximum Gasteiger partial charge on any atom is 0.164 e. The van der Waals surface area contributed by atoms with Crippen LogP contribution in [0, 0.1) is 0 Å². The van der Waals surface area contributed by atoms with Crippen LogP contribution in [0.2, 0.25) is 0 Å².